The largest absolute Gasteiger partial charge is 0.385 e. The number of fused-ring (bicyclic) bond motifs is 1. The Labute approximate surface area is 132 Å². The summed E-state index contributed by atoms with van der Waals surface area (Å²) in [5.41, 5.74) is 4.13. The number of aryl methyl sites for hydroxylation is 2. The molecule has 1 heterocycles. The highest BCUT2D eigenvalue weighted by molar-refractivity contribution is 5.86. The highest BCUT2D eigenvalue weighted by atomic mass is 16.5. The van der Waals surface area contributed by atoms with Gasteiger partial charge in [-0.25, -0.2) is 0 Å². The molecule has 0 bridgehead atoms. The molecular weight excluding hydrogens is 276 g/mol. The summed E-state index contributed by atoms with van der Waals surface area (Å²) in [5, 5.41) is 1.12. The summed E-state index contributed by atoms with van der Waals surface area (Å²) in [5.74, 6) is 0.124. The van der Waals surface area contributed by atoms with E-state index in [0.717, 1.165) is 34.1 Å². The van der Waals surface area contributed by atoms with Crippen LogP contribution in [-0.4, -0.2) is 43.1 Å². The van der Waals surface area contributed by atoms with Crippen LogP contribution in [0.15, 0.2) is 24.3 Å². The Morgan fingerprint density at radius 3 is 2.73 bits per heavy atom. The van der Waals surface area contributed by atoms with Crippen LogP contribution in [-0.2, 0) is 16.0 Å². The van der Waals surface area contributed by atoms with E-state index in [1.165, 1.54) is 0 Å². The molecule has 1 amide bonds. The molecule has 0 fully saturated rings. The van der Waals surface area contributed by atoms with Gasteiger partial charge in [-0.15, -0.1) is 0 Å². The van der Waals surface area contributed by atoms with Crippen molar-refractivity contribution in [3.05, 3.63) is 41.1 Å². The third kappa shape index (κ3) is 3.63. The van der Waals surface area contributed by atoms with E-state index >= 15 is 0 Å². The highest BCUT2D eigenvalue weighted by Gasteiger charge is 2.15. The Hall–Kier alpha value is -1.94. The lowest BCUT2D eigenvalue weighted by atomic mass is 9.99. The summed E-state index contributed by atoms with van der Waals surface area (Å²) in [6.45, 7) is 5.44. The normalized spacial score (nSPS) is 10.9. The van der Waals surface area contributed by atoms with Gasteiger partial charge in [0.15, 0.2) is 0 Å². The number of rotatable bonds is 6. The molecule has 22 heavy (non-hydrogen) atoms. The number of methoxy groups -OCH3 is 1. The molecule has 4 heteroatoms. The van der Waals surface area contributed by atoms with Gasteiger partial charge in [0.05, 0.1) is 11.9 Å². The fourth-order valence-electron chi connectivity index (χ4n) is 2.69. The zero-order valence-corrected chi connectivity index (χ0v) is 13.8. The molecule has 0 unspecified atom stereocenters. The fourth-order valence-corrected chi connectivity index (χ4v) is 2.69. The number of ether oxygens (including phenoxy) is 1. The van der Waals surface area contributed by atoms with Crippen molar-refractivity contribution in [1.29, 1.82) is 0 Å². The van der Waals surface area contributed by atoms with Crippen molar-refractivity contribution in [3.8, 4) is 0 Å². The van der Waals surface area contributed by atoms with E-state index in [1.807, 2.05) is 32.2 Å². The first-order valence-electron chi connectivity index (χ1n) is 7.62. The molecule has 0 aliphatic carbocycles. The first-order chi connectivity index (χ1) is 10.5. The second-order valence-corrected chi connectivity index (χ2v) is 5.66. The van der Waals surface area contributed by atoms with Crippen molar-refractivity contribution < 1.29 is 9.53 Å². The standard InChI is InChI=1S/C18H24N2O2/c1-13-15-8-5-6-9-17(15)19-14(2)16(13)12-18(21)20(3)10-7-11-22-4/h5-6,8-9H,7,10-12H2,1-4H3. The van der Waals surface area contributed by atoms with Crippen LogP contribution in [0.4, 0.5) is 0 Å². The summed E-state index contributed by atoms with van der Waals surface area (Å²) in [4.78, 5) is 18.8. The van der Waals surface area contributed by atoms with Crippen LogP contribution in [0.2, 0.25) is 0 Å². The van der Waals surface area contributed by atoms with Gasteiger partial charge in [0.25, 0.3) is 0 Å². The number of carbonyl (C=O) groups is 1. The topological polar surface area (TPSA) is 42.4 Å². The Bertz CT molecular complexity index is 667. The van der Waals surface area contributed by atoms with Crippen LogP contribution in [0.25, 0.3) is 10.9 Å². The van der Waals surface area contributed by atoms with Crippen LogP contribution < -0.4 is 0 Å². The average Bonchev–Trinajstić information content (AvgIpc) is 2.51. The van der Waals surface area contributed by atoms with Gasteiger partial charge in [0.1, 0.15) is 0 Å². The lowest BCUT2D eigenvalue weighted by molar-refractivity contribution is -0.129. The summed E-state index contributed by atoms with van der Waals surface area (Å²) in [6, 6.07) is 8.07. The molecule has 0 radical (unpaired) electrons. The Balaban J connectivity index is 2.19. The summed E-state index contributed by atoms with van der Waals surface area (Å²) >= 11 is 0. The minimum absolute atomic E-state index is 0.124. The van der Waals surface area contributed by atoms with Gasteiger partial charge in [-0.05, 0) is 37.5 Å². The van der Waals surface area contributed by atoms with Crippen molar-refractivity contribution in [2.45, 2.75) is 26.7 Å². The van der Waals surface area contributed by atoms with Gasteiger partial charge in [0, 0.05) is 38.4 Å². The summed E-state index contributed by atoms with van der Waals surface area (Å²) in [6.07, 6.45) is 1.26. The minimum Gasteiger partial charge on any atom is -0.385 e. The number of benzene rings is 1. The van der Waals surface area contributed by atoms with Crippen molar-refractivity contribution in [2.24, 2.45) is 0 Å². The number of pyridine rings is 1. The van der Waals surface area contributed by atoms with E-state index in [1.54, 1.807) is 12.0 Å². The van der Waals surface area contributed by atoms with Gasteiger partial charge in [-0.2, -0.15) is 0 Å². The van der Waals surface area contributed by atoms with Crippen LogP contribution >= 0.6 is 0 Å². The monoisotopic (exact) mass is 300 g/mol. The number of aromatic nitrogens is 1. The second-order valence-electron chi connectivity index (χ2n) is 5.66. The van der Waals surface area contributed by atoms with E-state index in [4.69, 9.17) is 4.74 Å². The lowest BCUT2D eigenvalue weighted by Gasteiger charge is -2.19. The second kappa shape index (κ2) is 7.36. The molecular formula is C18H24N2O2. The first kappa shape index (κ1) is 16.4. The molecule has 4 nitrogen and oxygen atoms in total. The van der Waals surface area contributed by atoms with Crippen molar-refractivity contribution in [1.82, 2.24) is 9.88 Å². The molecule has 0 saturated heterocycles. The van der Waals surface area contributed by atoms with Crippen LogP contribution in [0.1, 0.15) is 23.2 Å². The predicted molar refractivity (Wildman–Crippen MR) is 89.1 cm³/mol. The first-order valence-corrected chi connectivity index (χ1v) is 7.62. The molecule has 0 atom stereocenters. The van der Waals surface area contributed by atoms with Gasteiger partial charge < -0.3 is 9.64 Å². The van der Waals surface area contributed by atoms with E-state index in [0.29, 0.717) is 19.6 Å². The smallest absolute Gasteiger partial charge is 0.226 e. The Kier molecular flexibility index (Phi) is 5.50. The third-order valence-corrected chi connectivity index (χ3v) is 4.08. The average molecular weight is 300 g/mol. The molecule has 0 aliphatic rings. The van der Waals surface area contributed by atoms with Crippen LogP contribution in [0.3, 0.4) is 0 Å². The zero-order chi connectivity index (χ0) is 16.1. The Morgan fingerprint density at radius 2 is 2.00 bits per heavy atom. The van der Waals surface area contributed by atoms with Gasteiger partial charge in [0.2, 0.25) is 5.91 Å². The number of hydrogen-bond donors (Lipinski definition) is 0. The number of carbonyl (C=O) groups excluding carboxylic acids is 1. The maximum atomic E-state index is 12.4. The van der Waals surface area contributed by atoms with Gasteiger partial charge in [-0.1, -0.05) is 18.2 Å². The number of nitrogens with zero attached hydrogens (tertiary/aromatic N) is 2. The molecule has 2 rings (SSSR count). The lowest BCUT2D eigenvalue weighted by Crippen LogP contribution is -2.30. The minimum atomic E-state index is 0.124. The molecule has 0 aliphatic heterocycles. The fraction of sp³-hybridized carbons (Fsp3) is 0.444. The zero-order valence-electron chi connectivity index (χ0n) is 13.8. The molecule has 118 valence electrons. The highest BCUT2D eigenvalue weighted by Crippen LogP contribution is 2.23. The van der Waals surface area contributed by atoms with E-state index in [-0.39, 0.29) is 5.91 Å². The summed E-state index contributed by atoms with van der Waals surface area (Å²) < 4.78 is 5.03. The molecule has 2 aromatic rings. The molecule has 0 spiro atoms. The van der Waals surface area contributed by atoms with Gasteiger partial charge in [-0.3, -0.25) is 9.78 Å². The van der Waals surface area contributed by atoms with Crippen LogP contribution in [0.5, 0.6) is 0 Å². The number of amides is 1. The molecule has 1 aromatic heterocycles. The summed E-state index contributed by atoms with van der Waals surface area (Å²) in [7, 11) is 3.52. The molecule has 0 N–H and O–H groups in total. The van der Waals surface area contributed by atoms with E-state index in [2.05, 4.69) is 18.0 Å². The van der Waals surface area contributed by atoms with Crippen molar-refractivity contribution in [2.75, 3.05) is 27.3 Å². The maximum Gasteiger partial charge on any atom is 0.226 e. The Morgan fingerprint density at radius 1 is 1.27 bits per heavy atom. The number of hydrogen-bond acceptors (Lipinski definition) is 3. The van der Waals surface area contributed by atoms with E-state index in [9.17, 15) is 4.79 Å². The van der Waals surface area contributed by atoms with E-state index < -0.39 is 0 Å². The third-order valence-electron chi connectivity index (χ3n) is 4.08. The number of para-hydroxylation sites is 1. The van der Waals surface area contributed by atoms with Crippen molar-refractivity contribution in [3.63, 3.8) is 0 Å². The number of likely N-dealkylation sites (N-methyl/N-ethyl adjacent to an activating group) is 1. The molecule has 0 saturated carbocycles. The predicted octanol–water partition coefficient (Wildman–Crippen LogP) is 2.89. The quantitative estimate of drug-likeness (QED) is 0.770. The van der Waals surface area contributed by atoms with Gasteiger partial charge >= 0.3 is 0 Å². The van der Waals surface area contributed by atoms with Crippen molar-refractivity contribution >= 4 is 16.8 Å². The SMILES string of the molecule is COCCCN(C)C(=O)Cc1c(C)nc2ccccc2c1C. The molecule has 1 aromatic carbocycles. The van der Waals surface area contributed by atoms with Crippen LogP contribution in [0, 0.1) is 13.8 Å². The maximum absolute atomic E-state index is 12.4.